The Balaban J connectivity index is 1.66. The molecule has 0 aromatic heterocycles. The van der Waals surface area contributed by atoms with E-state index in [4.69, 9.17) is 22.1 Å². The maximum Gasteiger partial charge on any atom is 0.316 e. The minimum Gasteiger partial charge on any atom is -0.488 e. The highest BCUT2D eigenvalue weighted by atomic mass is 35.5. The second kappa shape index (κ2) is 9.80. The second-order valence-corrected chi connectivity index (χ2v) is 7.15. The Morgan fingerprint density at radius 1 is 1.00 bits per heavy atom. The molecule has 3 aromatic carbocycles. The van der Waals surface area contributed by atoms with Gasteiger partial charge in [-0.15, -0.1) is 0 Å². The Morgan fingerprint density at radius 2 is 1.67 bits per heavy atom. The Kier molecular flexibility index (Phi) is 6.93. The fourth-order valence-corrected chi connectivity index (χ4v) is 3.00. The predicted octanol–water partition coefficient (Wildman–Crippen LogP) is 4.90. The van der Waals surface area contributed by atoms with E-state index in [2.05, 4.69) is 10.6 Å². The normalized spacial score (nSPS) is 11.4. The summed E-state index contributed by atoms with van der Waals surface area (Å²) in [5.41, 5.74) is 7.99. The first kappa shape index (κ1) is 21.2. The minimum absolute atomic E-state index is 0.242. The maximum atomic E-state index is 12.8. The van der Waals surface area contributed by atoms with Gasteiger partial charge in [0.2, 0.25) is 0 Å². The maximum absolute atomic E-state index is 12.8. The molecule has 0 fully saturated rings. The number of para-hydroxylation sites is 1. The van der Waals surface area contributed by atoms with E-state index in [1.54, 1.807) is 42.5 Å². The minimum atomic E-state index is -0.626. The molecule has 7 heteroatoms. The van der Waals surface area contributed by atoms with Crippen molar-refractivity contribution in [2.24, 2.45) is 5.73 Å². The first-order valence-electron chi connectivity index (χ1n) is 9.36. The highest BCUT2D eigenvalue weighted by Crippen LogP contribution is 2.22. The van der Waals surface area contributed by atoms with Gasteiger partial charge in [-0.1, -0.05) is 48.0 Å². The van der Waals surface area contributed by atoms with Crippen LogP contribution in [0.15, 0.2) is 72.8 Å². The van der Waals surface area contributed by atoms with Crippen LogP contribution in [0, 0.1) is 0 Å². The van der Waals surface area contributed by atoms with Crippen LogP contribution in [-0.4, -0.2) is 11.9 Å². The molecule has 1 atom stereocenters. The average molecular weight is 424 g/mol. The van der Waals surface area contributed by atoms with Crippen molar-refractivity contribution in [3.63, 3.8) is 0 Å². The lowest BCUT2D eigenvalue weighted by Gasteiger charge is -2.17. The summed E-state index contributed by atoms with van der Waals surface area (Å²) in [4.78, 5) is 23.8. The molecule has 0 aliphatic rings. The third kappa shape index (κ3) is 5.75. The van der Waals surface area contributed by atoms with Crippen LogP contribution in [0.5, 0.6) is 5.75 Å². The molecule has 0 aliphatic carbocycles. The first-order chi connectivity index (χ1) is 14.4. The molecular weight excluding hydrogens is 402 g/mol. The van der Waals surface area contributed by atoms with Gasteiger partial charge >= 0.3 is 6.03 Å². The van der Waals surface area contributed by atoms with E-state index in [1.807, 2.05) is 37.3 Å². The van der Waals surface area contributed by atoms with Crippen LogP contribution < -0.4 is 21.1 Å². The third-order valence-corrected chi connectivity index (χ3v) is 4.72. The van der Waals surface area contributed by atoms with Gasteiger partial charge in [0.15, 0.2) is 0 Å². The summed E-state index contributed by atoms with van der Waals surface area (Å²) < 4.78 is 5.87. The molecule has 30 heavy (non-hydrogen) atoms. The van der Waals surface area contributed by atoms with Crippen molar-refractivity contribution in [1.29, 1.82) is 0 Å². The number of nitrogens with one attached hydrogen (secondary N) is 2. The number of anilines is 1. The number of urea groups is 1. The van der Waals surface area contributed by atoms with Crippen molar-refractivity contribution in [3.8, 4) is 5.75 Å². The standard InChI is InChI=1S/C23H22ClN3O3/c1-15(17-8-12-19(13-9-17)27-23(25)29)26-22(28)20-4-2-3-5-21(20)30-14-16-6-10-18(24)11-7-16/h2-13,15H,14H2,1H3,(H,26,28)(H3,25,27,29). The van der Waals surface area contributed by atoms with Crippen LogP contribution in [0.4, 0.5) is 10.5 Å². The van der Waals surface area contributed by atoms with E-state index in [1.165, 1.54) is 0 Å². The molecule has 0 saturated heterocycles. The van der Waals surface area contributed by atoms with Crippen molar-refractivity contribution in [1.82, 2.24) is 5.32 Å². The van der Waals surface area contributed by atoms with E-state index in [-0.39, 0.29) is 11.9 Å². The van der Waals surface area contributed by atoms with Crippen molar-refractivity contribution in [2.45, 2.75) is 19.6 Å². The molecule has 154 valence electrons. The number of rotatable bonds is 7. The van der Waals surface area contributed by atoms with Gasteiger partial charge in [0.25, 0.3) is 5.91 Å². The smallest absolute Gasteiger partial charge is 0.316 e. The van der Waals surface area contributed by atoms with Gasteiger partial charge < -0.3 is 21.1 Å². The van der Waals surface area contributed by atoms with Crippen molar-refractivity contribution in [3.05, 3.63) is 94.5 Å². The SMILES string of the molecule is CC(NC(=O)c1ccccc1OCc1ccc(Cl)cc1)c1ccc(NC(N)=O)cc1. The molecule has 0 saturated carbocycles. The number of ether oxygens (including phenoxy) is 1. The highest BCUT2D eigenvalue weighted by molar-refractivity contribution is 6.30. The van der Waals surface area contributed by atoms with E-state index in [0.717, 1.165) is 11.1 Å². The number of benzene rings is 3. The Bertz CT molecular complexity index is 1020. The molecule has 0 bridgehead atoms. The molecule has 6 nitrogen and oxygen atoms in total. The summed E-state index contributed by atoms with van der Waals surface area (Å²) >= 11 is 5.91. The molecule has 3 aromatic rings. The van der Waals surface area contributed by atoms with Gasteiger partial charge in [-0.25, -0.2) is 4.79 Å². The van der Waals surface area contributed by atoms with Crippen LogP contribution in [0.1, 0.15) is 34.5 Å². The number of halogens is 1. The molecule has 3 amide bonds. The van der Waals surface area contributed by atoms with E-state index in [9.17, 15) is 9.59 Å². The highest BCUT2D eigenvalue weighted by Gasteiger charge is 2.16. The number of carbonyl (C=O) groups excluding carboxylic acids is 2. The van der Waals surface area contributed by atoms with Crippen molar-refractivity contribution >= 4 is 29.2 Å². The molecular formula is C23H22ClN3O3. The van der Waals surface area contributed by atoms with Gasteiger partial charge in [0, 0.05) is 10.7 Å². The van der Waals surface area contributed by atoms with Gasteiger partial charge in [-0.2, -0.15) is 0 Å². The Hall–Kier alpha value is -3.51. The zero-order chi connectivity index (χ0) is 21.5. The molecule has 1 unspecified atom stereocenters. The van der Waals surface area contributed by atoms with E-state index >= 15 is 0 Å². The van der Waals surface area contributed by atoms with Gasteiger partial charge in [0.1, 0.15) is 12.4 Å². The monoisotopic (exact) mass is 423 g/mol. The number of hydrogen-bond donors (Lipinski definition) is 3. The van der Waals surface area contributed by atoms with Crippen molar-refractivity contribution in [2.75, 3.05) is 5.32 Å². The van der Waals surface area contributed by atoms with Gasteiger partial charge in [-0.05, 0) is 54.4 Å². The quantitative estimate of drug-likeness (QED) is 0.504. The Labute approximate surface area is 180 Å². The lowest BCUT2D eigenvalue weighted by molar-refractivity contribution is 0.0935. The number of amides is 3. The molecule has 0 spiro atoms. The number of hydrogen-bond acceptors (Lipinski definition) is 3. The first-order valence-corrected chi connectivity index (χ1v) is 9.74. The summed E-state index contributed by atoms with van der Waals surface area (Å²) in [6.45, 7) is 2.21. The number of carbonyl (C=O) groups is 2. The summed E-state index contributed by atoms with van der Waals surface area (Å²) in [6.07, 6.45) is 0. The summed E-state index contributed by atoms with van der Waals surface area (Å²) in [7, 11) is 0. The Morgan fingerprint density at radius 3 is 2.33 bits per heavy atom. The van der Waals surface area contributed by atoms with Crippen LogP contribution in [-0.2, 0) is 6.61 Å². The van der Waals surface area contributed by atoms with E-state index < -0.39 is 6.03 Å². The second-order valence-electron chi connectivity index (χ2n) is 6.72. The topological polar surface area (TPSA) is 93.4 Å². The molecule has 4 N–H and O–H groups in total. The summed E-state index contributed by atoms with van der Waals surface area (Å²) in [5.74, 6) is 0.256. The average Bonchev–Trinajstić information content (AvgIpc) is 2.73. The molecule has 0 heterocycles. The van der Waals surface area contributed by atoms with Crippen LogP contribution in [0.25, 0.3) is 0 Å². The fraction of sp³-hybridized carbons (Fsp3) is 0.130. The third-order valence-electron chi connectivity index (χ3n) is 4.47. The number of nitrogens with two attached hydrogens (primary N) is 1. The van der Waals surface area contributed by atoms with Crippen LogP contribution in [0.2, 0.25) is 5.02 Å². The van der Waals surface area contributed by atoms with Crippen LogP contribution in [0.3, 0.4) is 0 Å². The number of primary amides is 1. The fourth-order valence-electron chi connectivity index (χ4n) is 2.88. The largest absolute Gasteiger partial charge is 0.488 e. The predicted molar refractivity (Wildman–Crippen MR) is 118 cm³/mol. The van der Waals surface area contributed by atoms with E-state index in [0.29, 0.717) is 28.6 Å². The summed E-state index contributed by atoms with van der Waals surface area (Å²) in [5, 5.41) is 6.13. The zero-order valence-corrected chi connectivity index (χ0v) is 17.1. The lowest BCUT2D eigenvalue weighted by atomic mass is 10.1. The summed E-state index contributed by atoms with van der Waals surface area (Å²) in [6, 6.07) is 20.7. The van der Waals surface area contributed by atoms with Gasteiger partial charge in [0.05, 0.1) is 11.6 Å². The molecule has 0 aliphatic heterocycles. The van der Waals surface area contributed by atoms with Crippen molar-refractivity contribution < 1.29 is 14.3 Å². The van der Waals surface area contributed by atoms with Crippen LogP contribution >= 0.6 is 11.6 Å². The van der Waals surface area contributed by atoms with Gasteiger partial charge in [-0.3, -0.25) is 4.79 Å². The molecule has 3 rings (SSSR count). The zero-order valence-electron chi connectivity index (χ0n) is 16.4. The molecule has 0 radical (unpaired) electrons. The lowest BCUT2D eigenvalue weighted by Crippen LogP contribution is -2.27.